The van der Waals surface area contributed by atoms with E-state index in [0.717, 1.165) is 18.7 Å². The minimum absolute atomic E-state index is 0.362. The lowest BCUT2D eigenvalue weighted by atomic mass is 10.1. The van der Waals surface area contributed by atoms with Crippen molar-refractivity contribution in [3.63, 3.8) is 0 Å². The first-order valence-corrected chi connectivity index (χ1v) is 5.00. The Balaban J connectivity index is 2.42. The molecule has 0 bridgehead atoms. The monoisotopic (exact) mass is 188 g/mol. The maximum atomic E-state index is 5.98. The van der Waals surface area contributed by atoms with Gasteiger partial charge in [0.2, 0.25) is 0 Å². The second-order valence-corrected chi connectivity index (χ2v) is 3.77. The van der Waals surface area contributed by atoms with Crippen LogP contribution in [-0.2, 0) is 6.42 Å². The maximum Gasteiger partial charge on any atom is 0.0638 e. The summed E-state index contributed by atoms with van der Waals surface area (Å²) in [6.45, 7) is 7.02. The molecule has 0 amide bonds. The fourth-order valence-electron chi connectivity index (χ4n) is 2.05. The third-order valence-electron chi connectivity index (χ3n) is 2.89. The fourth-order valence-corrected chi connectivity index (χ4v) is 2.05. The molecule has 14 heavy (non-hydrogen) atoms. The summed E-state index contributed by atoms with van der Waals surface area (Å²) in [6.07, 6.45) is 3.06. The summed E-state index contributed by atoms with van der Waals surface area (Å²) in [5.41, 5.74) is 9.43. The molecule has 2 N–H and O–H groups in total. The van der Waals surface area contributed by atoms with Crippen molar-refractivity contribution in [2.24, 2.45) is 0 Å². The van der Waals surface area contributed by atoms with Crippen LogP contribution in [0.4, 0.5) is 11.4 Å². The van der Waals surface area contributed by atoms with E-state index in [0.29, 0.717) is 6.04 Å². The van der Waals surface area contributed by atoms with E-state index in [-0.39, 0.29) is 0 Å². The average Bonchev–Trinajstić information content (AvgIpc) is 2.62. The number of fused-ring (bicyclic) bond motifs is 1. The summed E-state index contributed by atoms with van der Waals surface area (Å²) < 4.78 is 0. The van der Waals surface area contributed by atoms with E-state index in [1.54, 1.807) is 0 Å². The molecule has 2 heteroatoms. The van der Waals surface area contributed by atoms with Gasteiger partial charge in [0.05, 0.1) is 11.4 Å². The molecule has 0 saturated carbocycles. The number of hydrogen-bond donors (Lipinski definition) is 1. The molecule has 1 unspecified atom stereocenters. The minimum atomic E-state index is 0.362. The Morgan fingerprint density at radius 1 is 1.57 bits per heavy atom. The molecule has 1 aromatic carbocycles. The topological polar surface area (TPSA) is 29.3 Å². The molecule has 0 saturated heterocycles. The first kappa shape index (κ1) is 9.13. The SMILES string of the molecule is C=CC(C)N1CCc2cccc(N)c21. The number of rotatable bonds is 2. The zero-order valence-corrected chi connectivity index (χ0v) is 8.53. The predicted octanol–water partition coefficient (Wildman–Crippen LogP) is 2.21. The first-order chi connectivity index (χ1) is 6.74. The van der Waals surface area contributed by atoms with Crippen LogP contribution >= 0.6 is 0 Å². The lowest BCUT2D eigenvalue weighted by Gasteiger charge is -2.25. The van der Waals surface area contributed by atoms with Gasteiger partial charge in [-0.15, -0.1) is 6.58 Å². The van der Waals surface area contributed by atoms with Gasteiger partial charge in [0.1, 0.15) is 0 Å². The Kier molecular flexibility index (Phi) is 2.20. The molecule has 1 aliphatic rings. The number of benzene rings is 1. The molecule has 1 aromatic rings. The Labute approximate surface area is 85.0 Å². The van der Waals surface area contributed by atoms with Crippen LogP contribution in [-0.4, -0.2) is 12.6 Å². The van der Waals surface area contributed by atoms with E-state index in [2.05, 4.69) is 24.5 Å². The highest BCUT2D eigenvalue weighted by molar-refractivity contribution is 5.74. The predicted molar refractivity (Wildman–Crippen MR) is 61.6 cm³/mol. The molecule has 2 rings (SSSR count). The van der Waals surface area contributed by atoms with Crippen LogP contribution in [0.15, 0.2) is 30.9 Å². The first-order valence-electron chi connectivity index (χ1n) is 5.00. The van der Waals surface area contributed by atoms with E-state index in [1.807, 2.05) is 18.2 Å². The summed E-state index contributed by atoms with van der Waals surface area (Å²) in [6, 6.07) is 6.51. The highest BCUT2D eigenvalue weighted by Crippen LogP contribution is 2.34. The molecule has 2 nitrogen and oxygen atoms in total. The van der Waals surface area contributed by atoms with E-state index in [1.165, 1.54) is 11.3 Å². The third kappa shape index (κ3) is 1.27. The van der Waals surface area contributed by atoms with Crippen LogP contribution in [0.2, 0.25) is 0 Å². The van der Waals surface area contributed by atoms with Crippen molar-refractivity contribution in [3.8, 4) is 0 Å². The van der Waals surface area contributed by atoms with Crippen molar-refractivity contribution in [1.29, 1.82) is 0 Å². The van der Waals surface area contributed by atoms with Gasteiger partial charge in [-0.2, -0.15) is 0 Å². The summed E-state index contributed by atoms with van der Waals surface area (Å²) in [4.78, 5) is 2.32. The molecular weight excluding hydrogens is 172 g/mol. The van der Waals surface area contributed by atoms with Crippen LogP contribution in [0.3, 0.4) is 0 Å². The van der Waals surface area contributed by atoms with Crippen LogP contribution in [0.25, 0.3) is 0 Å². The van der Waals surface area contributed by atoms with Gasteiger partial charge in [0.15, 0.2) is 0 Å². The Bertz CT molecular complexity index is 357. The van der Waals surface area contributed by atoms with Crippen LogP contribution in [0, 0.1) is 0 Å². The normalized spacial score (nSPS) is 16.5. The number of anilines is 2. The standard InChI is InChI=1S/C12H16N2/c1-3-9(2)14-8-7-10-5-4-6-11(13)12(10)14/h3-6,9H,1,7-8,13H2,2H3. The number of hydrogen-bond acceptors (Lipinski definition) is 2. The third-order valence-corrected chi connectivity index (χ3v) is 2.89. The second-order valence-electron chi connectivity index (χ2n) is 3.77. The summed E-state index contributed by atoms with van der Waals surface area (Å²) >= 11 is 0. The summed E-state index contributed by atoms with van der Waals surface area (Å²) in [5, 5.41) is 0. The average molecular weight is 188 g/mol. The number of nitrogens with two attached hydrogens (primary N) is 1. The van der Waals surface area contributed by atoms with Crippen molar-refractivity contribution in [2.45, 2.75) is 19.4 Å². The van der Waals surface area contributed by atoms with E-state index in [4.69, 9.17) is 5.73 Å². The molecule has 0 spiro atoms. The highest BCUT2D eigenvalue weighted by atomic mass is 15.2. The molecule has 0 aromatic heterocycles. The molecule has 0 fully saturated rings. The van der Waals surface area contributed by atoms with Gasteiger partial charge in [-0.25, -0.2) is 0 Å². The van der Waals surface area contributed by atoms with Gasteiger partial charge in [-0.1, -0.05) is 18.2 Å². The van der Waals surface area contributed by atoms with Crippen molar-refractivity contribution < 1.29 is 0 Å². The summed E-state index contributed by atoms with van der Waals surface area (Å²) in [7, 11) is 0. The maximum absolute atomic E-state index is 5.98. The zero-order valence-electron chi connectivity index (χ0n) is 8.53. The number of nitrogens with zero attached hydrogens (tertiary/aromatic N) is 1. The lowest BCUT2D eigenvalue weighted by molar-refractivity contribution is 0.766. The lowest BCUT2D eigenvalue weighted by Crippen LogP contribution is -2.29. The van der Waals surface area contributed by atoms with Crippen molar-refractivity contribution in [1.82, 2.24) is 0 Å². The van der Waals surface area contributed by atoms with Gasteiger partial charge in [-0.05, 0) is 25.0 Å². The van der Waals surface area contributed by atoms with Crippen LogP contribution in [0.5, 0.6) is 0 Å². The second kappa shape index (κ2) is 3.37. The molecule has 1 atom stereocenters. The Morgan fingerprint density at radius 3 is 3.07 bits per heavy atom. The summed E-state index contributed by atoms with van der Waals surface area (Å²) in [5.74, 6) is 0. The zero-order chi connectivity index (χ0) is 10.1. The molecule has 1 aliphatic heterocycles. The van der Waals surface area contributed by atoms with Crippen LogP contribution in [0.1, 0.15) is 12.5 Å². The van der Waals surface area contributed by atoms with Gasteiger partial charge in [0, 0.05) is 12.6 Å². The highest BCUT2D eigenvalue weighted by Gasteiger charge is 2.23. The molecule has 74 valence electrons. The molecule has 1 heterocycles. The van der Waals surface area contributed by atoms with Gasteiger partial charge < -0.3 is 10.6 Å². The molecule has 0 aliphatic carbocycles. The van der Waals surface area contributed by atoms with Crippen molar-refractivity contribution in [2.75, 3.05) is 17.2 Å². The smallest absolute Gasteiger partial charge is 0.0638 e. The van der Waals surface area contributed by atoms with Gasteiger partial charge in [0.25, 0.3) is 0 Å². The van der Waals surface area contributed by atoms with E-state index in [9.17, 15) is 0 Å². The van der Waals surface area contributed by atoms with E-state index < -0.39 is 0 Å². The Morgan fingerprint density at radius 2 is 2.36 bits per heavy atom. The largest absolute Gasteiger partial charge is 0.397 e. The Hall–Kier alpha value is -1.44. The van der Waals surface area contributed by atoms with Crippen LogP contribution < -0.4 is 10.6 Å². The van der Waals surface area contributed by atoms with Crippen molar-refractivity contribution >= 4 is 11.4 Å². The number of para-hydroxylation sites is 1. The number of nitrogen functional groups attached to an aromatic ring is 1. The van der Waals surface area contributed by atoms with E-state index >= 15 is 0 Å². The molecule has 0 radical (unpaired) electrons. The minimum Gasteiger partial charge on any atom is -0.397 e. The van der Waals surface area contributed by atoms with Crippen molar-refractivity contribution in [3.05, 3.63) is 36.4 Å². The van der Waals surface area contributed by atoms with Gasteiger partial charge in [-0.3, -0.25) is 0 Å². The fraction of sp³-hybridized carbons (Fsp3) is 0.333. The van der Waals surface area contributed by atoms with Gasteiger partial charge >= 0.3 is 0 Å². The molecular formula is C12H16N2. The quantitative estimate of drug-likeness (QED) is 0.569.